The summed E-state index contributed by atoms with van der Waals surface area (Å²) >= 11 is 0. The summed E-state index contributed by atoms with van der Waals surface area (Å²) in [7, 11) is 0.376. The summed E-state index contributed by atoms with van der Waals surface area (Å²) in [5, 5.41) is 6.89. The number of hydrogen-bond acceptors (Lipinski definition) is 4. The Morgan fingerprint density at radius 1 is 1.60 bits per heavy atom. The molecule has 0 heterocycles. The number of carbonyl (C=O) groups excluding carboxylic acids is 1. The van der Waals surface area contributed by atoms with Gasteiger partial charge < -0.3 is 5.11 Å². The van der Waals surface area contributed by atoms with Crippen molar-refractivity contribution in [2.24, 2.45) is 4.40 Å². The van der Waals surface area contributed by atoms with E-state index in [4.69, 9.17) is 14.7 Å². The van der Waals surface area contributed by atoms with Crippen molar-refractivity contribution in [1.82, 2.24) is 0 Å². The largest absolute Gasteiger partial charge is 0.483 e. The van der Waals surface area contributed by atoms with E-state index in [0.717, 1.165) is 6.08 Å². The first kappa shape index (κ1) is 11.8. The Morgan fingerprint density at radius 2 is 1.90 bits per heavy atom. The first-order chi connectivity index (χ1) is 4.47. The first-order valence-electron chi connectivity index (χ1n) is 1.59. The van der Waals surface area contributed by atoms with Crippen LogP contribution in [0.4, 0.5) is 0 Å². The van der Waals surface area contributed by atoms with Crippen LogP contribution in [0.15, 0.2) is 4.40 Å². The average Bonchev–Trinajstić information content (AvgIpc) is 1.63. The van der Waals surface area contributed by atoms with Gasteiger partial charge in [0.05, 0.1) is 0 Å². The molecule has 10 heavy (non-hydrogen) atoms. The first-order valence-corrected chi connectivity index (χ1v) is 3.86. The van der Waals surface area contributed by atoms with Gasteiger partial charge in [-0.1, -0.05) is 4.40 Å². The third-order valence-electron chi connectivity index (χ3n) is 0.146. The van der Waals surface area contributed by atoms with Crippen molar-refractivity contribution in [3.8, 4) is 0 Å². The highest BCUT2D eigenvalue weighted by Gasteiger charge is 1.95. The fourth-order valence-electron chi connectivity index (χ4n) is 0.0445. The van der Waals surface area contributed by atoms with E-state index in [9.17, 15) is 8.42 Å². The van der Waals surface area contributed by atoms with Crippen LogP contribution in [-0.4, -0.2) is 26.1 Å². The minimum atomic E-state index is -4.00. The van der Waals surface area contributed by atoms with Gasteiger partial charge in [0.2, 0.25) is 0 Å². The molecule has 0 aromatic rings. The van der Waals surface area contributed by atoms with Crippen molar-refractivity contribution in [2.45, 2.75) is 0 Å². The molecule has 1 N–H and O–H groups in total. The summed E-state index contributed by atoms with van der Waals surface area (Å²) < 4.78 is 21.3. The number of rotatable bonds is 1. The molecule has 0 saturated heterocycles. The Labute approximate surface area is 60.7 Å². The minimum Gasteiger partial charge on any atom is -0.483 e. The van der Waals surface area contributed by atoms with Crippen LogP contribution in [0.25, 0.3) is 0 Å². The van der Waals surface area contributed by atoms with Crippen LogP contribution in [0.5, 0.6) is 0 Å². The summed E-state index contributed by atoms with van der Waals surface area (Å²) in [5.74, 6) is 0. The Bertz CT molecular complexity index is 226. The summed E-state index contributed by atoms with van der Waals surface area (Å²) in [6.45, 7) is -0.250. The van der Waals surface area contributed by atoms with Gasteiger partial charge in [0.15, 0.2) is 0 Å². The normalized spacial score (nSPS) is 8.10. The van der Waals surface area contributed by atoms with Crippen LogP contribution in [-0.2, 0) is 18.8 Å². The summed E-state index contributed by atoms with van der Waals surface area (Å²) in [4.78, 5) is 17.4. The van der Waals surface area contributed by atoms with Crippen molar-refractivity contribution in [3.63, 3.8) is 0 Å². The van der Waals surface area contributed by atoms with E-state index >= 15 is 0 Å². The Balaban J connectivity index is 0. The maximum atomic E-state index is 9.57. The molecule has 58 valence electrons. The van der Waals surface area contributed by atoms with Crippen molar-refractivity contribution in [2.75, 3.05) is 0 Å². The van der Waals surface area contributed by atoms with Crippen LogP contribution in [0.2, 0.25) is 0 Å². The second-order valence-electron chi connectivity index (χ2n) is 0.700. The van der Waals surface area contributed by atoms with Gasteiger partial charge in [0.25, 0.3) is 12.6 Å². The molecule has 0 fully saturated rings. The lowest BCUT2D eigenvalue weighted by atomic mass is 11.7. The molecule has 0 spiro atoms. The predicted octanol–water partition coefficient (Wildman–Crippen LogP) is -0.493. The molecule has 0 aromatic carbocycles. The summed E-state index contributed by atoms with van der Waals surface area (Å²) in [5.41, 5.74) is 0. The molecular weight excluding hydrogens is 186 g/mol. The van der Waals surface area contributed by atoms with Gasteiger partial charge >= 0.3 is 9.24 Å². The Hall–Kier alpha value is -0.910. The quantitative estimate of drug-likeness (QED) is 0.258. The van der Waals surface area contributed by atoms with Crippen LogP contribution < -0.4 is 0 Å². The van der Waals surface area contributed by atoms with Gasteiger partial charge in [0, 0.05) is 10.7 Å². The lowest BCUT2D eigenvalue weighted by Crippen LogP contribution is -1.76. The van der Waals surface area contributed by atoms with E-state index in [2.05, 4.69) is 15.1 Å². The second kappa shape index (κ2) is 6.21. The highest BCUT2D eigenvalue weighted by Crippen LogP contribution is 1.93. The third kappa shape index (κ3) is 27.5. The zero-order valence-corrected chi connectivity index (χ0v) is 5.96. The maximum Gasteiger partial charge on any atom is 0.350 e. The summed E-state index contributed by atoms with van der Waals surface area (Å²) in [6.07, 6.45) is 0.763. The molecule has 0 aromatic heterocycles. The summed E-state index contributed by atoms with van der Waals surface area (Å²) in [6, 6.07) is 0. The monoisotopic (exact) mass is 187 g/mol. The molecule has 0 saturated carbocycles. The molecule has 0 aliphatic rings. The molecule has 0 aliphatic heterocycles. The average molecular weight is 188 g/mol. The zero-order chi connectivity index (χ0) is 8.62. The molecule has 0 atom stereocenters. The lowest BCUT2D eigenvalue weighted by Gasteiger charge is -1.67. The number of hydrogen-bond donors (Lipinski definition) is 1. The molecule has 0 radical (unpaired) electrons. The van der Waals surface area contributed by atoms with E-state index in [1.165, 1.54) is 0 Å². The number of carboxylic acid groups (broad SMARTS) is 1. The van der Waals surface area contributed by atoms with Gasteiger partial charge in [-0.05, 0) is 0 Å². The molecule has 0 bridgehead atoms. The van der Waals surface area contributed by atoms with E-state index in [-0.39, 0.29) is 6.47 Å². The Morgan fingerprint density at radius 3 is 1.90 bits per heavy atom. The third-order valence-corrected chi connectivity index (χ3v) is 0.646. The van der Waals surface area contributed by atoms with Gasteiger partial charge in [-0.25, -0.2) is 4.79 Å². The van der Waals surface area contributed by atoms with E-state index in [0.29, 0.717) is 0 Å². The van der Waals surface area contributed by atoms with E-state index in [1.807, 2.05) is 0 Å². The molecule has 6 nitrogen and oxygen atoms in total. The Kier molecular flexibility index (Phi) is 7.35. The van der Waals surface area contributed by atoms with Gasteiger partial charge in [-0.3, -0.25) is 4.79 Å². The second-order valence-corrected chi connectivity index (χ2v) is 2.88. The van der Waals surface area contributed by atoms with Crippen molar-refractivity contribution >= 4 is 32.5 Å². The van der Waals surface area contributed by atoms with Crippen LogP contribution in [0, 0.1) is 0 Å². The van der Waals surface area contributed by atoms with Gasteiger partial charge in [0.1, 0.15) is 0 Å². The van der Waals surface area contributed by atoms with Crippen LogP contribution in [0.3, 0.4) is 0 Å². The fourth-order valence-corrected chi connectivity index (χ4v) is 0.218. The van der Waals surface area contributed by atoms with Gasteiger partial charge in [-0.2, -0.15) is 8.42 Å². The fraction of sp³-hybridized carbons (Fsp3) is 0. The topological polar surface area (TPSA) is 101 Å². The maximum absolute atomic E-state index is 9.57. The zero-order valence-electron chi connectivity index (χ0n) is 4.39. The molecule has 8 heteroatoms. The minimum absolute atomic E-state index is 0.250. The molecule has 0 amide bonds. The SMILES string of the molecule is O=C=NS(=O)(=O)Cl.O=CO. The van der Waals surface area contributed by atoms with Gasteiger partial charge in [-0.15, -0.1) is 0 Å². The molecule has 0 rings (SSSR count). The smallest absolute Gasteiger partial charge is 0.350 e. The predicted molar refractivity (Wildman–Crippen MR) is 31.6 cm³/mol. The van der Waals surface area contributed by atoms with Crippen molar-refractivity contribution in [1.29, 1.82) is 0 Å². The number of halogens is 1. The highest BCUT2D eigenvalue weighted by molar-refractivity contribution is 8.12. The van der Waals surface area contributed by atoms with Crippen molar-refractivity contribution < 1.29 is 23.1 Å². The van der Waals surface area contributed by atoms with Crippen LogP contribution in [0.1, 0.15) is 0 Å². The standard InChI is InChI=1S/CClNO3S.CH2O2/c2-7(5,6)3-1-4;2-1-3/h;1H,(H,2,3). The van der Waals surface area contributed by atoms with E-state index in [1.54, 1.807) is 0 Å². The van der Waals surface area contributed by atoms with Crippen LogP contribution >= 0.6 is 10.7 Å². The molecule has 0 unspecified atom stereocenters. The number of nitrogens with zero attached hydrogens (tertiary/aromatic N) is 1. The lowest BCUT2D eigenvalue weighted by molar-refractivity contribution is -0.122. The van der Waals surface area contributed by atoms with E-state index < -0.39 is 9.24 Å². The number of carbonyl (C=O) groups is 1. The molecular formula is C2H2ClNO5S. The number of isocyanates is 1. The highest BCUT2D eigenvalue weighted by atomic mass is 35.7. The molecule has 0 aliphatic carbocycles. The van der Waals surface area contributed by atoms with Crippen molar-refractivity contribution in [3.05, 3.63) is 0 Å².